The van der Waals surface area contributed by atoms with Gasteiger partial charge in [0.2, 0.25) is 0 Å². The minimum atomic E-state index is 0. The number of nitrogens with zero attached hydrogens (tertiary/aromatic N) is 4. The Morgan fingerprint density at radius 1 is 0.931 bits per heavy atom. The number of fused-ring (bicyclic) bond motifs is 2. The van der Waals surface area contributed by atoms with Crippen LogP contribution in [0.1, 0.15) is 64.1 Å². The molecule has 0 bridgehead atoms. The molecule has 4 heterocycles. The summed E-state index contributed by atoms with van der Waals surface area (Å²) >= 11 is 0. The van der Waals surface area contributed by atoms with Crippen LogP contribution < -0.4 is 0 Å². The van der Waals surface area contributed by atoms with Crippen LogP contribution >= 0.6 is 0 Å². The molecular formula is C24H35N4W-. The molecule has 0 unspecified atom stereocenters. The van der Waals surface area contributed by atoms with Crippen molar-refractivity contribution in [2.45, 2.75) is 61.8 Å². The van der Waals surface area contributed by atoms with E-state index in [0.29, 0.717) is 0 Å². The maximum absolute atomic E-state index is 4.31. The zero-order chi connectivity index (χ0) is 21.1. The van der Waals surface area contributed by atoms with Crippen LogP contribution in [0.2, 0.25) is 0 Å². The summed E-state index contributed by atoms with van der Waals surface area (Å²) in [6.07, 6.45) is 12.9. The first-order valence-corrected chi connectivity index (χ1v) is 10.3. The van der Waals surface area contributed by atoms with Gasteiger partial charge in [-0.1, -0.05) is 40.8 Å². The molecule has 0 aliphatic heterocycles. The first kappa shape index (κ1) is 26.9. The zero-order valence-electron chi connectivity index (χ0n) is 19.1. The molecule has 5 heteroatoms. The van der Waals surface area contributed by atoms with Gasteiger partial charge >= 0.3 is 0 Å². The Morgan fingerprint density at radius 2 is 1.59 bits per heavy atom. The summed E-state index contributed by atoms with van der Waals surface area (Å²) in [6.45, 7) is 16.3. The molecule has 4 rings (SSSR count). The van der Waals surface area contributed by atoms with E-state index in [9.17, 15) is 0 Å². The summed E-state index contributed by atoms with van der Waals surface area (Å²) in [4.78, 5) is 8.48. The van der Waals surface area contributed by atoms with Crippen LogP contribution in [0.25, 0.3) is 11.2 Å². The third kappa shape index (κ3) is 6.75. The van der Waals surface area contributed by atoms with Gasteiger partial charge in [0.1, 0.15) is 5.65 Å². The average molecular weight is 563 g/mol. The van der Waals surface area contributed by atoms with Crippen molar-refractivity contribution >= 4 is 11.2 Å². The topological polar surface area (TPSA) is 34.6 Å². The van der Waals surface area contributed by atoms with Gasteiger partial charge < -0.3 is 13.8 Å². The maximum Gasteiger partial charge on any atom is 0.137 e. The fraction of sp³-hybridized carbons (Fsp3) is 0.375. The molecule has 29 heavy (non-hydrogen) atoms. The number of rotatable bonds is 2. The standard InChI is InChI=1S/C10H11N2.C10H12N2.2C2H6.W/c1-3-9-6-11-7-10-8(2)4-5-12(9)10;1-3-9-7-11-10-6-8(2)4-5-12(9)10;2*1-2;/h3-7H,1-2H3;4-7H,3H2,1-2H3;2*1-2H3;/q-1;;;;. The molecule has 0 aliphatic rings. The van der Waals surface area contributed by atoms with Gasteiger partial charge in [0, 0.05) is 51.5 Å². The predicted molar refractivity (Wildman–Crippen MR) is 121 cm³/mol. The summed E-state index contributed by atoms with van der Waals surface area (Å²) in [7, 11) is 0. The van der Waals surface area contributed by atoms with Crippen molar-refractivity contribution in [1.29, 1.82) is 0 Å². The van der Waals surface area contributed by atoms with Gasteiger partial charge in [-0.15, -0.1) is 12.6 Å². The van der Waals surface area contributed by atoms with E-state index in [1.54, 1.807) is 0 Å². The summed E-state index contributed by atoms with van der Waals surface area (Å²) in [5, 5.41) is 0. The van der Waals surface area contributed by atoms with Crippen molar-refractivity contribution in [1.82, 2.24) is 18.8 Å². The molecule has 0 atom stereocenters. The van der Waals surface area contributed by atoms with Gasteiger partial charge in [0.15, 0.2) is 0 Å². The monoisotopic (exact) mass is 563 g/mol. The molecule has 4 aromatic rings. The van der Waals surface area contributed by atoms with Crippen molar-refractivity contribution in [3.63, 3.8) is 0 Å². The normalized spacial score (nSPS) is 9.24. The maximum atomic E-state index is 4.31. The van der Waals surface area contributed by atoms with Crippen LogP contribution in [0.3, 0.4) is 0 Å². The average Bonchev–Trinajstić information content (AvgIpc) is 3.34. The van der Waals surface area contributed by atoms with Gasteiger partial charge in [0.05, 0.1) is 5.52 Å². The van der Waals surface area contributed by atoms with E-state index in [0.717, 1.165) is 17.8 Å². The first-order valence-electron chi connectivity index (χ1n) is 10.3. The Kier molecular flexibility index (Phi) is 13.0. The molecule has 0 saturated heterocycles. The number of hydrogen-bond acceptors (Lipinski definition) is 2. The van der Waals surface area contributed by atoms with Crippen LogP contribution in [-0.2, 0) is 27.5 Å². The number of aromatic nitrogens is 4. The molecule has 4 nitrogen and oxygen atoms in total. The van der Waals surface area contributed by atoms with Gasteiger partial charge in [-0.3, -0.25) is 0 Å². The van der Waals surface area contributed by atoms with Crippen molar-refractivity contribution in [3.05, 3.63) is 78.1 Å². The third-order valence-electron chi connectivity index (χ3n) is 4.22. The molecule has 0 fully saturated rings. The van der Waals surface area contributed by atoms with Crippen LogP contribution in [0.15, 0.2) is 49.2 Å². The second-order valence-electron chi connectivity index (χ2n) is 5.91. The number of imidazole rings is 1. The van der Waals surface area contributed by atoms with E-state index in [-0.39, 0.29) is 21.1 Å². The van der Waals surface area contributed by atoms with Crippen molar-refractivity contribution < 1.29 is 21.1 Å². The molecule has 0 N–H and O–H groups in total. The summed E-state index contributed by atoms with van der Waals surface area (Å²) in [6, 6.07) is 6.30. The fourth-order valence-electron chi connectivity index (χ4n) is 2.79. The van der Waals surface area contributed by atoms with Crippen molar-refractivity contribution in [2.24, 2.45) is 0 Å². The summed E-state index contributed by atoms with van der Waals surface area (Å²) < 4.78 is 4.27. The SMILES string of the molecule is CC.CC.CCc1cnc2cc(C)ccn12.C[CH-]c1cncc2c(C)ccn12.[W]. The molecule has 0 aromatic carbocycles. The van der Waals surface area contributed by atoms with Gasteiger partial charge in [-0.25, -0.2) is 11.4 Å². The smallest absolute Gasteiger partial charge is 0.137 e. The van der Waals surface area contributed by atoms with Gasteiger partial charge in [0.25, 0.3) is 0 Å². The Hall–Kier alpha value is -2.06. The van der Waals surface area contributed by atoms with Crippen LogP contribution in [0, 0.1) is 20.3 Å². The largest absolute Gasteiger partial charge is 0.354 e. The van der Waals surface area contributed by atoms with Crippen molar-refractivity contribution in [2.75, 3.05) is 0 Å². The summed E-state index contributed by atoms with van der Waals surface area (Å²) in [5.74, 6) is 0. The molecule has 158 valence electrons. The molecule has 0 aliphatic carbocycles. The van der Waals surface area contributed by atoms with E-state index in [1.165, 1.54) is 22.3 Å². The number of aryl methyl sites for hydroxylation is 3. The van der Waals surface area contributed by atoms with Crippen LogP contribution in [0.5, 0.6) is 0 Å². The second kappa shape index (κ2) is 14.0. The Balaban J connectivity index is 0.000000449. The van der Waals surface area contributed by atoms with E-state index >= 15 is 0 Å². The van der Waals surface area contributed by atoms with E-state index in [4.69, 9.17) is 0 Å². The van der Waals surface area contributed by atoms with Crippen LogP contribution in [0.4, 0.5) is 0 Å². The minimum absolute atomic E-state index is 0. The first-order chi connectivity index (χ1) is 13.6. The Bertz CT molecular complexity index is 970. The molecule has 0 saturated carbocycles. The fourth-order valence-corrected chi connectivity index (χ4v) is 2.79. The van der Waals surface area contributed by atoms with Crippen molar-refractivity contribution in [3.8, 4) is 0 Å². The second-order valence-corrected chi connectivity index (χ2v) is 5.91. The predicted octanol–water partition coefficient (Wildman–Crippen LogP) is 6.47. The zero-order valence-corrected chi connectivity index (χ0v) is 22.0. The third-order valence-corrected chi connectivity index (χ3v) is 4.22. The molecule has 4 aromatic heterocycles. The Morgan fingerprint density at radius 3 is 2.21 bits per heavy atom. The Labute approximate surface area is 190 Å². The van der Waals surface area contributed by atoms with E-state index in [2.05, 4.69) is 76.6 Å². The van der Waals surface area contributed by atoms with Gasteiger partial charge in [-0.05, 0) is 49.6 Å². The molecule has 0 amide bonds. The van der Waals surface area contributed by atoms with Gasteiger partial charge in [-0.2, -0.15) is 0 Å². The number of hydrogen-bond donors (Lipinski definition) is 0. The molecule has 0 spiro atoms. The minimum Gasteiger partial charge on any atom is -0.354 e. The van der Waals surface area contributed by atoms with Crippen LogP contribution in [-0.4, -0.2) is 18.8 Å². The molecule has 0 radical (unpaired) electrons. The van der Waals surface area contributed by atoms with E-state index in [1.807, 2.05) is 53.2 Å². The summed E-state index contributed by atoms with van der Waals surface area (Å²) in [5.41, 5.74) is 7.17. The quantitative estimate of drug-likeness (QED) is 0.262. The number of pyridine rings is 1. The van der Waals surface area contributed by atoms with E-state index < -0.39 is 0 Å². The molecular weight excluding hydrogens is 528 g/mol.